The third kappa shape index (κ3) is 41.5. The molecule has 23 heteroatoms. The van der Waals surface area contributed by atoms with Crippen LogP contribution in [0.2, 0.25) is 0 Å². The first-order valence-electron chi connectivity index (χ1n) is 5.51. The molecule has 0 spiro atoms. The first-order valence-corrected chi connectivity index (χ1v) is 5.51. The van der Waals surface area contributed by atoms with E-state index in [1.165, 1.54) is 0 Å². The minimum Gasteiger partial charge on any atom is -0.467 e. The smallest absolute Gasteiger partial charge is 0.467 e. The van der Waals surface area contributed by atoms with E-state index in [4.69, 9.17) is 0 Å². The van der Waals surface area contributed by atoms with Gasteiger partial charge in [0.15, 0.2) is 0 Å². The van der Waals surface area contributed by atoms with E-state index in [1.54, 1.807) is 0 Å². The van der Waals surface area contributed by atoms with Gasteiger partial charge in [0, 0.05) is 0 Å². The van der Waals surface area contributed by atoms with Crippen molar-refractivity contribution in [1.82, 2.24) is 0 Å². The van der Waals surface area contributed by atoms with E-state index in [0.717, 1.165) is 0 Å². The molecule has 0 atom stereocenters. The summed E-state index contributed by atoms with van der Waals surface area (Å²) >= 11 is 0. The molecular weight excluding hydrogens is 779 g/mol. The van der Waals surface area contributed by atoms with Crippen molar-refractivity contribution in [3.05, 3.63) is 0 Å². The molecular formula is C9Er2O21. The molecule has 32 heavy (non-hydrogen) atoms. The zero-order valence-electron chi connectivity index (χ0n) is 13.7. The van der Waals surface area contributed by atoms with Gasteiger partial charge in [0.1, 0.15) is 0 Å². The molecule has 2 radical (unpaired) electrons. The zero-order chi connectivity index (χ0) is 24.4. The number of carbonyl (C=O) groups is 9. The number of carboxylic acid groups (broad SMARTS) is 6. The Balaban J connectivity index is -0.000000110. The fourth-order valence-electron chi connectivity index (χ4n) is 0.471. The van der Waals surface area contributed by atoms with E-state index in [0.29, 0.717) is 0 Å². The summed E-state index contributed by atoms with van der Waals surface area (Å²) in [7, 11) is 0. The van der Waals surface area contributed by atoms with Crippen LogP contribution in [0, 0.1) is 74.6 Å². The second-order valence-corrected chi connectivity index (χ2v) is 2.86. The average Bonchev–Trinajstić information content (AvgIpc) is 2.42. The van der Waals surface area contributed by atoms with Crippen LogP contribution < -0.4 is 30.6 Å². The maximum Gasteiger partial charge on any atom is 3.00 e. The Bertz CT molecular complexity index is 561. The molecule has 0 aliphatic carbocycles. The molecule has 21 nitrogen and oxygen atoms in total. The molecule has 0 aliphatic rings. The predicted molar refractivity (Wildman–Crippen MR) is 55.1 cm³/mol. The fourth-order valence-corrected chi connectivity index (χ4v) is 0.471. The summed E-state index contributed by atoms with van der Waals surface area (Å²) in [6, 6.07) is 0. The topological polar surface area (TPSA) is 347 Å². The van der Waals surface area contributed by atoms with Crippen molar-refractivity contribution in [3.63, 3.8) is 0 Å². The number of hydrogen-bond acceptors (Lipinski definition) is 21. The number of rotatable bonds is 0. The van der Waals surface area contributed by atoms with Gasteiger partial charge in [-0.25, -0.2) is 14.4 Å². The van der Waals surface area contributed by atoms with Gasteiger partial charge in [-0.15, -0.1) is 0 Å². The Labute approximate surface area is 230 Å². The molecule has 0 heterocycles. The maximum absolute atomic E-state index is 9.78. The van der Waals surface area contributed by atoms with Crippen molar-refractivity contribution >= 4 is 55.4 Å². The van der Waals surface area contributed by atoms with E-state index < -0.39 is 55.4 Å². The van der Waals surface area contributed by atoms with Crippen LogP contribution in [0.4, 0.5) is 43.2 Å². The van der Waals surface area contributed by atoms with E-state index in [2.05, 4.69) is 28.4 Å². The van der Waals surface area contributed by atoms with Crippen LogP contribution in [0.1, 0.15) is 0 Å². The van der Waals surface area contributed by atoms with Crippen molar-refractivity contribution in [2.75, 3.05) is 0 Å². The number of hydrogen-bond donors (Lipinski definition) is 0. The Morgan fingerprint density at radius 2 is 0.406 bits per heavy atom. The van der Waals surface area contributed by atoms with Gasteiger partial charge in [-0.3, -0.25) is 0 Å². The summed E-state index contributed by atoms with van der Waals surface area (Å²) in [6.07, 6.45) is -19.0. The van der Waals surface area contributed by atoms with Crippen molar-refractivity contribution in [3.8, 4) is 0 Å². The summed E-state index contributed by atoms with van der Waals surface area (Å²) in [5.41, 5.74) is 0. The van der Waals surface area contributed by atoms with Gasteiger partial charge in [0.25, 0.3) is 36.9 Å². The molecule has 0 rings (SSSR count). The molecule has 0 bridgehead atoms. The van der Waals surface area contributed by atoms with E-state index in [1.807, 2.05) is 0 Å². The second-order valence-electron chi connectivity index (χ2n) is 2.86. The van der Waals surface area contributed by atoms with Crippen LogP contribution in [0.3, 0.4) is 0 Å². The van der Waals surface area contributed by atoms with Gasteiger partial charge < -0.3 is 87.8 Å². The average molecular weight is 779 g/mol. The van der Waals surface area contributed by atoms with Crippen LogP contribution in [0.5, 0.6) is 0 Å². The van der Waals surface area contributed by atoms with Crippen molar-refractivity contribution < 1.29 is 177 Å². The van der Waals surface area contributed by atoms with Crippen LogP contribution in [-0.2, 0) is 28.4 Å². The molecule has 0 aromatic carbocycles. The molecule has 0 amide bonds. The van der Waals surface area contributed by atoms with Gasteiger partial charge in [0.2, 0.25) is 0 Å². The molecule has 0 unspecified atom stereocenters. The Morgan fingerprint density at radius 1 is 0.312 bits per heavy atom. The molecule has 0 saturated carbocycles. The Morgan fingerprint density at radius 3 is 0.469 bits per heavy atom. The van der Waals surface area contributed by atoms with E-state index in [9.17, 15) is 73.8 Å². The zero-order valence-corrected chi connectivity index (χ0v) is 17.4. The minimum absolute atomic E-state index is 0. The molecule has 0 N–H and O–H groups in total. The number of carbonyl (C=O) groups excluding carboxylic acids is 9. The van der Waals surface area contributed by atoms with Gasteiger partial charge >= 0.3 is 93.1 Å². The first kappa shape index (κ1) is 39.6. The predicted octanol–water partition coefficient (Wildman–Crippen LogP) is -6.52. The standard InChI is InChI=1S/3C3H2O7.2Er/c3*4-1(5)9-3(8)10-2(6)7;;/h3*(H,4,5)(H,6,7);;/q;;;2*+3/p-6. The van der Waals surface area contributed by atoms with Crippen molar-refractivity contribution in [1.29, 1.82) is 0 Å². The van der Waals surface area contributed by atoms with Gasteiger partial charge in [-0.1, -0.05) is 0 Å². The van der Waals surface area contributed by atoms with Crippen LogP contribution in [0.25, 0.3) is 0 Å². The van der Waals surface area contributed by atoms with Crippen molar-refractivity contribution in [2.24, 2.45) is 0 Å². The maximum atomic E-state index is 9.78. The summed E-state index contributed by atoms with van der Waals surface area (Å²) < 4.78 is 18.5. The third-order valence-corrected chi connectivity index (χ3v) is 1.000. The Hall–Kier alpha value is -2.88. The van der Waals surface area contributed by atoms with Crippen LogP contribution in [0.15, 0.2) is 0 Å². The van der Waals surface area contributed by atoms with E-state index >= 15 is 0 Å². The molecule has 0 saturated heterocycles. The quantitative estimate of drug-likeness (QED) is 0.125. The second kappa shape index (κ2) is 22.8. The van der Waals surface area contributed by atoms with Gasteiger partial charge in [-0.05, 0) is 0 Å². The van der Waals surface area contributed by atoms with Crippen LogP contribution in [-0.4, -0.2) is 55.4 Å². The third-order valence-electron chi connectivity index (χ3n) is 1.000. The SMILES string of the molecule is O=C([O-])OC(=O)OC(=O)[O-].O=C([O-])OC(=O)OC(=O)[O-].O=C([O-])OC(=O)OC(=O)[O-].[Er+3].[Er+3]. The molecule has 0 fully saturated rings. The fraction of sp³-hybridized carbons (Fsp3) is 0. The molecule has 0 aromatic heterocycles. The summed E-state index contributed by atoms with van der Waals surface area (Å²) in [5, 5.41) is 56.1. The van der Waals surface area contributed by atoms with Gasteiger partial charge in [-0.2, -0.15) is 0 Å². The Kier molecular flexibility index (Phi) is 28.2. The monoisotopic (exact) mass is 776 g/mol. The minimum atomic E-state index is -2.20. The summed E-state index contributed by atoms with van der Waals surface area (Å²) in [6.45, 7) is 0. The normalized spacial score (nSPS) is 7.50. The van der Waals surface area contributed by atoms with E-state index in [-0.39, 0.29) is 74.6 Å². The molecule has 0 aromatic rings. The van der Waals surface area contributed by atoms with Crippen molar-refractivity contribution in [2.45, 2.75) is 0 Å². The summed E-state index contributed by atoms with van der Waals surface area (Å²) in [5.74, 6) is 0. The van der Waals surface area contributed by atoms with Gasteiger partial charge in [0.05, 0.1) is 0 Å². The molecule has 186 valence electrons. The largest absolute Gasteiger partial charge is 3.00 e. The first-order chi connectivity index (χ1) is 13.6. The number of ether oxygens (including phenoxy) is 6. The summed E-state index contributed by atoms with van der Waals surface area (Å²) in [4.78, 5) is 85.4. The van der Waals surface area contributed by atoms with Crippen LogP contribution >= 0.6 is 0 Å². The molecule has 0 aliphatic heterocycles.